The lowest BCUT2D eigenvalue weighted by atomic mass is 9.48. The topological polar surface area (TPSA) is 43.4 Å². The zero-order valence-electron chi connectivity index (χ0n) is 16.1. The number of carbonyl (C=O) groups excluding carboxylic acids is 2. The predicted molar refractivity (Wildman–Crippen MR) is 109 cm³/mol. The van der Waals surface area contributed by atoms with Crippen LogP contribution in [0.5, 0.6) is 0 Å². The Morgan fingerprint density at radius 2 is 1.56 bits per heavy atom. The molecule has 1 aromatic rings. The third-order valence-corrected chi connectivity index (χ3v) is 8.01. The molecule has 0 spiro atoms. The summed E-state index contributed by atoms with van der Waals surface area (Å²) in [5, 5.41) is 0.804. The van der Waals surface area contributed by atoms with E-state index in [1.165, 1.54) is 38.5 Å². The summed E-state index contributed by atoms with van der Waals surface area (Å²) in [6.45, 7) is 2.42. The summed E-state index contributed by atoms with van der Waals surface area (Å²) in [7, 11) is 0. The quantitative estimate of drug-likeness (QED) is 0.317. The van der Waals surface area contributed by atoms with Crippen LogP contribution in [-0.4, -0.2) is 23.7 Å². The molecule has 1 atom stereocenters. The van der Waals surface area contributed by atoms with Crippen molar-refractivity contribution in [3.63, 3.8) is 0 Å². The molecule has 5 rings (SSSR count). The van der Waals surface area contributed by atoms with Gasteiger partial charge in [0.1, 0.15) is 0 Å². The molecule has 4 aliphatic rings. The highest BCUT2D eigenvalue weighted by Crippen LogP contribution is 2.61. The predicted octanol–water partition coefficient (Wildman–Crippen LogP) is 5.66. The maximum absolute atomic E-state index is 12.9. The fraction of sp³-hybridized carbons (Fsp3) is 0.652. The van der Waals surface area contributed by atoms with E-state index in [9.17, 15) is 9.59 Å². The molecule has 3 nitrogen and oxygen atoms in total. The molecule has 4 bridgehead atoms. The molecular formula is C23H29BrO3. The first-order valence-electron chi connectivity index (χ1n) is 10.3. The van der Waals surface area contributed by atoms with E-state index < -0.39 is 0 Å². The molecule has 0 unspecified atom stereocenters. The molecule has 1 aromatic carbocycles. The van der Waals surface area contributed by atoms with Gasteiger partial charge in [0.2, 0.25) is 0 Å². The van der Waals surface area contributed by atoms with Crippen LogP contribution >= 0.6 is 15.9 Å². The Labute approximate surface area is 170 Å². The highest BCUT2D eigenvalue weighted by Gasteiger charge is 2.51. The van der Waals surface area contributed by atoms with Crippen LogP contribution in [0.4, 0.5) is 0 Å². The Morgan fingerprint density at radius 3 is 2.07 bits per heavy atom. The molecule has 146 valence electrons. The van der Waals surface area contributed by atoms with Gasteiger partial charge in [0.05, 0.1) is 12.2 Å². The SMILES string of the molecule is C[C@H](CBr)COC(=O)c1ccc(C(=O)CC23CC4CC(CC(C4)C2)C3)cc1. The van der Waals surface area contributed by atoms with Gasteiger partial charge in [-0.15, -0.1) is 0 Å². The molecule has 0 aromatic heterocycles. The third-order valence-electron chi connectivity index (χ3n) is 6.91. The number of rotatable bonds is 7. The van der Waals surface area contributed by atoms with Gasteiger partial charge in [0, 0.05) is 17.3 Å². The number of hydrogen-bond donors (Lipinski definition) is 0. The monoisotopic (exact) mass is 432 g/mol. The van der Waals surface area contributed by atoms with Crippen molar-refractivity contribution in [1.29, 1.82) is 0 Å². The number of halogens is 1. The van der Waals surface area contributed by atoms with Crippen LogP contribution in [-0.2, 0) is 4.74 Å². The minimum Gasteiger partial charge on any atom is -0.462 e. The minimum atomic E-state index is -0.317. The van der Waals surface area contributed by atoms with Gasteiger partial charge in [-0.1, -0.05) is 35.0 Å². The fourth-order valence-electron chi connectivity index (χ4n) is 6.09. The number of hydrogen-bond acceptors (Lipinski definition) is 3. The average molecular weight is 433 g/mol. The lowest BCUT2D eigenvalue weighted by molar-refractivity contribution is -0.0524. The zero-order valence-corrected chi connectivity index (χ0v) is 17.7. The van der Waals surface area contributed by atoms with Crippen molar-refractivity contribution in [3.05, 3.63) is 35.4 Å². The first-order chi connectivity index (χ1) is 13.0. The number of benzene rings is 1. The minimum absolute atomic E-state index is 0.241. The summed E-state index contributed by atoms with van der Waals surface area (Å²) in [6, 6.07) is 7.06. The normalized spacial score (nSPS) is 32.3. The van der Waals surface area contributed by atoms with Crippen molar-refractivity contribution in [3.8, 4) is 0 Å². The summed E-state index contributed by atoms with van der Waals surface area (Å²) >= 11 is 3.38. The molecule has 4 heteroatoms. The van der Waals surface area contributed by atoms with E-state index >= 15 is 0 Å². The highest BCUT2D eigenvalue weighted by atomic mass is 79.9. The Kier molecular flexibility index (Phi) is 5.46. The Bertz CT molecular complexity index is 674. The number of alkyl halides is 1. The fourth-order valence-corrected chi connectivity index (χ4v) is 6.27. The lowest BCUT2D eigenvalue weighted by Gasteiger charge is -2.56. The molecule has 27 heavy (non-hydrogen) atoms. The smallest absolute Gasteiger partial charge is 0.338 e. The zero-order chi connectivity index (χ0) is 19.0. The van der Waals surface area contributed by atoms with Gasteiger partial charge in [0.15, 0.2) is 5.78 Å². The summed E-state index contributed by atoms with van der Waals surface area (Å²) in [5.41, 5.74) is 1.51. The van der Waals surface area contributed by atoms with Crippen LogP contribution in [0.1, 0.15) is 72.6 Å². The number of ketones is 1. The van der Waals surface area contributed by atoms with Gasteiger partial charge >= 0.3 is 5.97 Å². The standard InChI is InChI=1S/C23H29BrO3/c1-15(13-24)14-27-22(26)20-4-2-19(3-5-20)21(25)12-23-9-16-6-17(10-23)8-18(7-16)11-23/h2-5,15-18H,6-14H2,1H3/t15-,16?,17?,18?,23?/m1/s1. The largest absolute Gasteiger partial charge is 0.462 e. The van der Waals surface area contributed by atoms with Crippen molar-refractivity contribution >= 4 is 27.7 Å². The maximum Gasteiger partial charge on any atom is 0.338 e. The summed E-state index contributed by atoms with van der Waals surface area (Å²) < 4.78 is 5.32. The second kappa shape index (κ2) is 7.69. The average Bonchev–Trinajstić information content (AvgIpc) is 2.64. The number of carbonyl (C=O) groups is 2. The summed E-state index contributed by atoms with van der Waals surface area (Å²) in [6.07, 6.45) is 8.64. The van der Waals surface area contributed by atoms with E-state index in [0.29, 0.717) is 18.6 Å². The molecule has 0 amide bonds. The second-order valence-electron chi connectivity index (χ2n) is 9.45. The van der Waals surface area contributed by atoms with Crippen molar-refractivity contribution in [2.75, 3.05) is 11.9 Å². The highest BCUT2D eigenvalue weighted by molar-refractivity contribution is 9.09. The van der Waals surface area contributed by atoms with Crippen LogP contribution in [0, 0.1) is 29.1 Å². The van der Waals surface area contributed by atoms with Crippen LogP contribution in [0.25, 0.3) is 0 Å². The van der Waals surface area contributed by atoms with Gasteiger partial charge in [-0.2, -0.15) is 0 Å². The molecule has 4 fully saturated rings. The van der Waals surface area contributed by atoms with Crippen molar-refractivity contribution in [2.24, 2.45) is 29.1 Å². The lowest BCUT2D eigenvalue weighted by Crippen LogP contribution is -2.46. The van der Waals surface area contributed by atoms with Crippen molar-refractivity contribution in [1.82, 2.24) is 0 Å². The maximum atomic E-state index is 12.9. The molecule has 0 heterocycles. The Balaban J connectivity index is 1.38. The van der Waals surface area contributed by atoms with Gasteiger partial charge in [-0.3, -0.25) is 4.79 Å². The van der Waals surface area contributed by atoms with E-state index in [1.54, 1.807) is 24.3 Å². The molecule has 0 saturated heterocycles. The van der Waals surface area contributed by atoms with Gasteiger partial charge in [-0.25, -0.2) is 4.79 Å². The number of esters is 1. The van der Waals surface area contributed by atoms with Crippen LogP contribution in [0.3, 0.4) is 0 Å². The second-order valence-corrected chi connectivity index (χ2v) is 10.1. The first-order valence-corrected chi connectivity index (χ1v) is 11.4. The van der Waals surface area contributed by atoms with E-state index in [-0.39, 0.29) is 23.1 Å². The number of Topliss-reactive ketones (excluding diaryl/α,β-unsaturated/α-hetero) is 1. The van der Waals surface area contributed by atoms with Crippen LogP contribution in [0.2, 0.25) is 0 Å². The Hall–Kier alpha value is -1.16. The van der Waals surface area contributed by atoms with Crippen molar-refractivity contribution in [2.45, 2.75) is 51.9 Å². The van der Waals surface area contributed by atoms with Crippen molar-refractivity contribution < 1.29 is 14.3 Å². The Morgan fingerprint density at radius 1 is 1.04 bits per heavy atom. The van der Waals surface area contributed by atoms with Gasteiger partial charge in [-0.05, 0) is 79.7 Å². The summed E-state index contributed by atoms with van der Waals surface area (Å²) in [5.74, 6) is 2.80. The molecule has 4 saturated carbocycles. The molecule has 0 aliphatic heterocycles. The molecule has 0 N–H and O–H groups in total. The van der Waals surface area contributed by atoms with Gasteiger partial charge < -0.3 is 4.74 Å². The molecular weight excluding hydrogens is 404 g/mol. The number of ether oxygens (including phenoxy) is 1. The van der Waals surface area contributed by atoms with E-state index in [4.69, 9.17) is 4.74 Å². The first kappa shape index (κ1) is 19.2. The van der Waals surface area contributed by atoms with Gasteiger partial charge in [0.25, 0.3) is 0 Å². The van der Waals surface area contributed by atoms with E-state index in [0.717, 1.165) is 28.6 Å². The third kappa shape index (κ3) is 4.16. The summed E-state index contributed by atoms with van der Waals surface area (Å²) in [4.78, 5) is 25.1. The molecule has 4 aliphatic carbocycles. The van der Waals surface area contributed by atoms with E-state index in [2.05, 4.69) is 15.9 Å². The molecule has 0 radical (unpaired) electrons. The van der Waals surface area contributed by atoms with Crippen LogP contribution < -0.4 is 0 Å². The van der Waals surface area contributed by atoms with E-state index in [1.807, 2.05) is 6.92 Å². The van der Waals surface area contributed by atoms with Crippen LogP contribution in [0.15, 0.2) is 24.3 Å².